The number of nitrogens with one attached hydrogen (secondary N) is 1. The van der Waals surface area contributed by atoms with Crippen molar-refractivity contribution >= 4 is 58.1 Å². The summed E-state index contributed by atoms with van der Waals surface area (Å²) in [7, 11) is 3.62. The average Bonchev–Trinajstić information content (AvgIpc) is 3.46. The Morgan fingerprint density at radius 2 is 1.90 bits per heavy atom. The molecule has 0 aliphatic carbocycles. The lowest BCUT2D eigenvalue weighted by molar-refractivity contribution is -0.148. The van der Waals surface area contributed by atoms with Crippen LogP contribution in [-0.4, -0.2) is 82.8 Å². The lowest BCUT2D eigenvalue weighted by atomic mass is 9.99. The minimum absolute atomic E-state index is 0.0407. The molecule has 16 heteroatoms. The molecular formula is C32H45FN7O6PS. The highest BCUT2D eigenvalue weighted by Crippen LogP contribution is 2.47. The van der Waals surface area contributed by atoms with E-state index in [1.807, 2.05) is 78.2 Å². The lowest BCUT2D eigenvalue weighted by Crippen LogP contribution is -2.39. The van der Waals surface area contributed by atoms with E-state index in [2.05, 4.69) is 20.0 Å². The van der Waals surface area contributed by atoms with E-state index in [1.54, 1.807) is 22.5 Å². The first-order valence-electron chi connectivity index (χ1n) is 15.6. The molecule has 13 nitrogen and oxygen atoms in total. The maximum absolute atomic E-state index is 14.0. The van der Waals surface area contributed by atoms with Gasteiger partial charge in [-0.05, 0) is 42.0 Å². The number of rotatable bonds is 16. The number of hydrogen-bond donors (Lipinski definition) is 3. The lowest BCUT2D eigenvalue weighted by Gasteiger charge is -2.31. The average molecular weight is 706 g/mol. The molecule has 5 atom stereocenters. The number of nitrogens with two attached hydrogens (primary N) is 1. The van der Waals surface area contributed by atoms with Crippen LogP contribution >= 0.6 is 6.64 Å². The molecule has 0 radical (unpaired) electrons. The fraction of sp³-hybridized carbons (Fsp3) is 0.500. The molecule has 48 heavy (non-hydrogen) atoms. The third-order valence-electron chi connectivity index (χ3n) is 7.15. The fourth-order valence-electron chi connectivity index (χ4n) is 4.71. The van der Waals surface area contributed by atoms with Crippen molar-refractivity contribution in [3.63, 3.8) is 0 Å². The van der Waals surface area contributed by atoms with Gasteiger partial charge in [0.15, 0.2) is 17.0 Å². The van der Waals surface area contributed by atoms with E-state index < -0.39 is 43.8 Å². The Labute approximate surface area is 285 Å². The molecule has 0 aliphatic rings. The maximum atomic E-state index is 14.0. The molecule has 4 aromatic rings. The third-order valence-corrected chi connectivity index (χ3v) is 9.64. The van der Waals surface area contributed by atoms with E-state index in [1.165, 1.54) is 6.33 Å². The van der Waals surface area contributed by atoms with Crippen molar-refractivity contribution in [2.75, 3.05) is 44.6 Å². The van der Waals surface area contributed by atoms with Crippen LogP contribution in [0.2, 0.25) is 0 Å². The minimum Gasteiger partial charge on any atom is -0.464 e. The minimum atomic E-state index is -3.59. The number of aliphatic hydroxyl groups is 1. The van der Waals surface area contributed by atoms with Crippen LogP contribution in [0.25, 0.3) is 21.9 Å². The molecule has 0 saturated carbocycles. The van der Waals surface area contributed by atoms with E-state index in [0.717, 1.165) is 10.8 Å². The van der Waals surface area contributed by atoms with Crippen LogP contribution in [0.4, 0.5) is 16.2 Å². The van der Waals surface area contributed by atoms with Gasteiger partial charge >= 0.3 is 12.6 Å². The summed E-state index contributed by atoms with van der Waals surface area (Å²) in [5.74, 6) is 0.437. The summed E-state index contributed by atoms with van der Waals surface area (Å²) in [5.41, 5.74) is 6.64. The van der Waals surface area contributed by atoms with Gasteiger partial charge in [-0.1, -0.05) is 64.1 Å². The van der Waals surface area contributed by atoms with Crippen molar-refractivity contribution in [2.24, 2.45) is 5.41 Å². The van der Waals surface area contributed by atoms with E-state index in [4.69, 9.17) is 36.1 Å². The van der Waals surface area contributed by atoms with Gasteiger partial charge in [0, 0.05) is 19.5 Å². The number of nitrogens with zero attached hydrogens (tertiary/aromatic N) is 5. The molecule has 2 aromatic carbocycles. The summed E-state index contributed by atoms with van der Waals surface area (Å²) >= 11 is 5.95. The molecule has 1 unspecified atom stereocenters. The van der Waals surface area contributed by atoms with Crippen molar-refractivity contribution in [1.29, 1.82) is 0 Å². The second-order valence-corrected chi connectivity index (χ2v) is 15.9. The first-order valence-corrected chi connectivity index (χ1v) is 18.2. The molecular weight excluding hydrogens is 660 g/mol. The molecule has 0 fully saturated rings. The predicted molar refractivity (Wildman–Crippen MR) is 188 cm³/mol. The number of nitrogen functional groups attached to an aromatic ring is 1. The second kappa shape index (κ2) is 15.8. The van der Waals surface area contributed by atoms with Crippen LogP contribution in [0.3, 0.4) is 0 Å². The molecule has 0 bridgehead atoms. The molecule has 0 saturated heterocycles. The van der Waals surface area contributed by atoms with Crippen LogP contribution < -0.4 is 20.2 Å². The van der Waals surface area contributed by atoms with Gasteiger partial charge in [0.05, 0.1) is 19.5 Å². The number of aromatic nitrogens is 4. The van der Waals surface area contributed by atoms with Gasteiger partial charge in [-0.2, -0.15) is 9.97 Å². The SMILES string of the molecule is CC[C@@H](O[C@H](COP(=S)(N[C@H](C)C(=O)OCC(C)(C)C)Oc1cccc2ccccc12)[C@@H](O)CF)n1cnc2c(N(C)C)nc(N)nc21. The Kier molecular flexibility index (Phi) is 12.3. The van der Waals surface area contributed by atoms with Crippen LogP contribution in [0.1, 0.15) is 47.3 Å². The molecule has 2 aromatic heterocycles. The van der Waals surface area contributed by atoms with Gasteiger partial charge in [0.1, 0.15) is 36.9 Å². The zero-order chi connectivity index (χ0) is 35.2. The number of esters is 1. The molecule has 0 aliphatic heterocycles. The number of fused-ring (bicyclic) bond motifs is 2. The van der Waals surface area contributed by atoms with Gasteiger partial charge in [-0.15, -0.1) is 0 Å². The number of alkyl halides is 1. The van der Waals surface area contributed by atoms with Crippen molar-refractivity contribution in [1.82, 2.24) is 24.6 Å². The standard InChI is InChI=1S/C32H45FN7O6PS/c1-8-26(40-19-35-27-28(39(6)7)36-31(34)37-29(27)40)45-25(23(41)16-33)17-44-47(48,38-20(2)30(42)43-18-32(3,4)5)46-24-15-11-13-21-12-9-10-14-22(21)24/h9-15,19-20,23,25-26,41H,8,16-18H2,1-7H3,(H,38,48)(H2,34,36,37)/t20-,23+,25-,26-,47?/m1/s1. The number of aliphatic hydroxyl groups excluding tert-OH is 1. The number of halogens is 1. The number of hydrogen-bond acceptors (Lipinski definition) is 12. The second-order valence-electron chi connectivity index (χ2n) is 12.8. The van der Waals surface area contributed by atoms with Gasteiger partial charge in [0.2, 0.25) is 5.95 Å². The summed E-state index contributed by atoms with van der Waals surface area (Å²) in [6.45, 7) is 4.40. The molecule has 262 valence electrons. The van der Waals surface area contributed by atoms with Crippen molar-refractivity contribution in [3.8, 4) is 5.75 Å². The van der Waals surface area contributed by atoms with Crippen LogP contribution in [0, 0.1) is 5.41 Å². The Balaban J connectivity index is 1.62. The normalized spacial score (nSPS) is 15.9. The van der Waals surface area contributed by atoms with E-state index in [0.29, 0.717) is 29.2 Å². The van der Waals surface area contributed by atoms with Gasteiger partial charge in [0.25, 0.3) is 0 Å². The number of carbonyl (C=O) groups is 1. The van der Waals surface area contributed by atoms with E-state index >= 15 is 0 Å². The first-order chi connectivity index (χ1) is 22.6. The molecule has 2 heterocycles. The Hall–Kier alpha value is -3.46. The number of benzene rings is 2. The van der Waals surface area contributed by atoms with Gasteiger partial charge in [-0.25, -0.2) is 14.5 Å². The van der Waals surface area contributed by atoms with Crippen LogP contribution in [-0.2, 0) is 30.6 Å². The summed E-state index contributed by atoms with van der Waals surface area (Å²) in [4.78, 5) is 27.8. The highest BCUT2D eigenvalue weighted by atomic mass is 32.5. The summed E-state index contributed by atoms with van der Waals surface area (Å²) in [5, 5.41) is 15.5. The number of ether oxygens (including phenoxy) is 2. The molecule has 0 amide bonds. The third kappa shape index (κ3) is 9.36. The number of carbonyl (C=O) groups excluding carboxylic acids is 1. The van der Waals surface area contributed by atoms with Crippen LogP contribution in [0.5, 0.6) is 5.75 Å². The number of anilines is 2. The monoisotopic (exact) mass is 705 g/mol. The molecule has 4 rings (SSSR count). The fourth-order valence-corrected chi connectivity index (χ4v) is 7.13. The topological polar surface area (TPSA) is 159 Å². The summed E-state index contributed by atoms with van der Waals surface area (Å²) in [6.07, 6.45) is -1.64. The highest BCUT2D eigenvalue weighted by molar-refractivity contribution is 8.09. The highest BCUT2D eigenvalue weighted by Gasteiger charge is 2.33. The summed E-state index contributed by atoms with van der Waals surface area (Å²) in [6, 6.07) is 12.1. The quantitative estimate of drug-likeness (QED) is 0.104. The largest absolute Gasteiger partial charge is 0.464 e. The van der Waals surface area contributed by atoms with Crippen molar-refractivity contribution < 1.29 is 32.8 Å². The zero-order valence-electron chi connectivity index (χ0n) is 28.3. The molecule has 4 N–H and O–H groups in total. The van der Waals surface area contributed by atoms with E-state index in [-0.39, 0.29) is 24.6 Å². The number of imidazole rings is 1. The molecule has 0 spiro atoms. The smallest absolute Gasteiger partial charge is 0.323 e. The van der Waals surface area contributed by atoms with E-state index in [9.17, 15) is 14.3 Å². The maximum Gasteiger partial charge on any atom is 0.323 e. The Bertz CT molecular complexity index is 1750. The predicted octanol–water partition coefficient (Wildman–Crippen LogP) is 5.14. The van der Waals surface area contributed by atoms with Gasteiger partial charge < -0.3 is 34.3 Å². The first kappa shape index (κ1) is 37.4. The van der Waals surface area contributed by atoms with Crippen LogP contribution in [0.15, 0.2) is 48.8 Å². The zero-order valence-corrected chi connectivity index (χ0v) is 30.0. The van der Waals surface area contributed by atoms with Gasteiger partial charge in [-0.3, -0.25) is 9.36 Å². The Morgan fingerprint density at radius 3 is 2.56 bits per heavy atom. The van der Waals surface area contributed by atoms with Crippen molar-refractivity contribution in [3.05, 3.63) is 48.8 Å². The summed E-state index contributed by atoms with van der Waals surface area (Å²) < 4.78 is 40.0. The Morgan fingerprint density at radius 1 is 1.19 bits per heavy atom. The van der Waals surface area contributed by atoms with Crippen molar-refractivity contribution in [2.45, 2.75) is 65.5 Å².